The molecule has 3 aromatic rings. The van der Waals surface area contributed by atoms with E-state index in [0.29, 0.717) is 37.9 Å². The molecule has 6 nitrogen and oxygen atoms in total. The Morgan fingerprint density at radius 2 is 1.88 bits per heavy atom. The van der Waals surface area contributed by atoms with Crippen molar-refractivity contribution in [3.63, 3.8) is 0 Å². The molecule has 33 heavy (non-hydrogen) atoms. The zero-order valence-corrected chi connectivity index (χ0v) is 18.4. The summed E-state index contributed by atoms with van der Waals surface area (Å²) < 4.78 is 6.56. The third-order valence-electron chi connectivity index (χ3n) is 6.63. The summed E-state index contributed by atoms with van der Waals surface area (Å²) in [7, 11) is 0. The second-order valence-electron chi connectivity index (χ2n) is 8.85. The predicted octanol–water partition coefficient (Wildman–Crippen LogP) is 4.29. The molecule has 1 saturated heterocycles. The number of ether oxygens (including phenoxy) is 1. The fourth-order valence-corrected chi connectivity index (χ4v) is 4.84. The SMILES string of the molecule is O=C(NC1CC2(CCC(=O)N(Cc3ccccc3)CC2)Oc2ccccc21)c1cccnc1. The van der Waals surface area contributed by atoms with E-state index in [2.05, 4.69) is 10.3 Å². The molecule has 1 fully saturated rings. The Labute approximate surface area is 193 Å². The molecule has 0 saturated carbocycles. The number of amides is 2. The van der Waals surface area contributed by atoms with Crippen LogP contribution in [-0.4, -0.2) is 33.8 Å². The van der Waals surface area contributed by atoms with Gasteiger partial charge < -0.3 is 15.0 Å². The maximum Gasteiger partial charge on any atom is 0.253 e. The van der Waals surface area contributed by atoms with Gasteiger partial charge in [-0.05, 0) is 30.2 Å². The van der Waals surface area contributed by atoms with Crippen LogP contribution in [0.3, 0.4) is 0 Å². The van der Waals surface area contributed by atoms with Crippen molar-refractivity contribution in [2.45, 2.75) is 43.9 Å². The lowest BCUT2D eigenvalue weighted by atomic mass is 9.82. The Kier molecular flexibility index (Phi) is 5.82. The van der Waals surface area contributed by atoms with E-state index in [1.807, 2.05) is 59.5 Å². The lowest BCUT2D eigenvalue weighted by Gasteiger charge is -2.42. The van der Waals surface area contributed by atoms with Crippen molar-refractivity contribution < 1.29 is 14.3 Å². The molecule has 3 heterocycles. The Hall–Kier alpha value is -3.67. The number of benzene rings is 2. The summed E-state index contributed by atoms with van der Waals surface area (Å²) in [6.07, 6.45) is 5.63. The van der Waals surface area contributed by atoms with Gasteiger partial charge in [0.15, 0.2) is 0 Å². The van der Waals surface area contributed by atoms with Crippen LogP contribution >= 0.6 is 0 Å². The van der Waals surface area contributed by atoms with Gasteiger partial charge in [0, 0.05) is 50.3 Å². The average Bonchev–Trinajstić information content (AvgIpc) is 2.99. The van der Waals surface area contributed by atoms with E-state index in [1.54, 1.807) is 24.5 Å². The van der Waals surface area contributed by atoms with Crippen LogP contribution in [0.15, 0.2) is 79.1 Å². The number of nitrogens with zero attached hydrogens (tertiary/aromatic N) is 2. The Bertz CT molecular complexity index is 1140. The van der Waals surface area contributed by atoms with Gasteiger partial charge >= 0.3 is 0 Å². The minimum Gasteiger partial charge on any atom is -0.487 e. The molecule has 2 aliphatic heterocycles. The Morgan fingerprint density at radius 1 is 1.06 bits per heavy atom. The van der Waals surface area contributed by atoms with Gasteiger partial charge in [0.2, 0.25) is 5.91 Å². The van der Waals surface area contributed by atoms with Crippen molar-refractivity contribution in [2.75, 3.05) is 6.54 Å². The second-order valence-corrected chi connectivity index (χ2v) is 8.85. The molecule has 0 aliphatic carbocycles. The van der Waals surface area contributed by atoms with E-state index in [9.17, 15) is 9.59 Å². The fourth-order valence-electron chi connectivity index (χ4n) is 4.84. The lowest BCUT2D eigenvalue weighted by Crippen LogP contribution is -2.46. The summed E-state index contributed by atoms with van der Waals surface area (Å²) in [6.45, 7) is 1.23. The van der Waals surface area contributed by atoms with E-state index in [-0.39, 0.29) is 17.9 Å². The minimum absolute atomic E-state index is 0.147. The van der Waals surface area contributed by atoms with Gasteiger partial charge in [0.05, 0.1) is 11.6 Å². The van der Waals surface area contributed by atoms with Gasteiger partial charge in [-0.15, -0.1) is 0 Å². The van der Waals surface area contributed by atoms with E-state index < -0.39 is 5.60 Å². The number of rotatable bonds is 4. The van der Waals surface area contributed by atoms with Crippen molar-refractivity contribution >= 4 is 11.8 Å². The highest BCUT2D eigenvalue weighted by Gasteiger charge is 2.43. The van der Waals surface area contributed by atoms with Crippen LogP contribution in [0.5, 0.6) is 5.75 Å². The third kappa shape index (κ3) is 4.60. The maximum atomic E-state index is 12.9. The summed E-state index contributed by atoms with van der Waals surface area (Å²) in [5.74, 6) is 0.772. The first-order chi connectivity index (χ1) is 16.1. The molecular weight excluding hydrogens is 414 g/mol. The van der Waals surface area contributed by atoms with Crippen molar-refractivity contribution in [1.82, 2.24) is 15.2 Å². The minimum atomic E-state index is -0.498. The Morgan fingerprint density at radius 3 is 2.70 bits per heavy atom. The summed E-state index contributed by atoms with van der Waals surface area (Å²) in [4.78, 5) is 31.8. The summed E-state index contributed by atoms with van der Waals surface area (Å²) in [6, 6.07) is 21.2. The second kappa shape index (κ2) is 9.06. The number of nitrogens with one attached hydrogen (secondary N) is 1. The number of hydrogen-bond acceptors (Lipinski definition) is 4. The summed E-state index contributed by atoms with van der Waals surface area (Å²) in [5, 5.41) is 3.19. The molecule has 1 aromatic heterocycles. The number of carbonyl (C=O) groups is 2. The van der Waals surface area contributed by atoms with Gasteiger partial charge in [-0.25, -0.2) is 0 Å². The van der Waals surface area contributed by atoms with Gasteiger partial charge in [-0.2, -0.15) is 0 Å². The zero-order chi connectivity index (χ0) is 22.7. The normalized spacial score (nSPS) is 22.2. The zero-order valence-electron chi connectivity index (χ0n) is 18.4. The van der Waals surface area contributed by atoms with Crippen LogP contribution < -0.4 is 10.1 Å². The highest BCUT2D eigenvalue weighted by atomic mass is 16.5. The highest BCUT2D eigenvalue weighted by molar-refractivity contribution is 5.94. The maximum absolute atomic E-state index is 12.9. The predicted molar refractivity (Wildman–Crippen MR) is 125 cm³/mol. The molecule has 0 bridgehead atoms. The van der Waals surface area contributed by atoms with Crippen LogP contribution in [-0.2, 0) is 11.3 Å². The van der Waals surface area contributed by atoms with E-state index in [4.69, 9.17) is 4.74 Å². The highest BCUT2D eigenvalue weighted by Crippen LogP contribution is 2.44. The van der Waals surface area contributed by atoms with E-state index >= 15 is 0 Å². The van der Waals surface area contributed by atoms with Crippen molar-refractivity contribution in [3.05, 3.63) is 95.8 Å². The number of pyridine rings is 1. The van der Waals surface area contributed by atoms with Crippen LogP contribution in [0.25, 0.3) is 0 Å². The van der Waals surface area contributed by atoms with Crippen LogP contribution in [0.1, 0.15) is 53.2 Å². The molecule has 168 valence electrons. The van der Waals surface area contributed by atoms with E-state index in [0.717, 1.165) is 23.3 Å². The molecule has 2 amide bonds. The molecule has 1 N–H and O–H groups in total. The molecular formula is C27H27N3O3. The van der Waals surface area contributed by atoms with Gasteiger partial charge in [-0.1, -0.05) is 48.5 Å². The van der Waals surface area contributed by atoms with E-state index in [1.165, 1.54) is 0 Å². The quantitative estimate of drug-likeness (QED) is 0.656. The fraction of sp³-hybridized carbons (Fsp3) is 0.296. The molecule has 2 atom stereocenters. The monoisotopic (exact) mass is 441 g/mol. The molecule has 2 aliphatic rings. The molecule has 6 heteroatoms. The van der Waals surface area contributed by atoms with Gasteiger partial charge in [-0.3, -0.25) is 14.6 Å². The molecule has 1 spiro atoms. The standard InChI is InChI=1S/C27H27N3O3/c31-25-12-13-27(14-16-30(25)19-20-7-2-1-3-8-20)17-23(22-10-4-5-11-24(22)33-27)29-26(32)21-9-6-15-28-18-21/h1-11,15,18,23H,12-14,16-17,19H2,(H,29,32). The first-order valence-electron chi connectivity index (χ1n) is 11.4. The van der Waals surface area contributed by atoms with Crippen molar-refractivity contribution in [3.8, 4) is 5.75 Å². The molecule has 5 rings (SSSR count). The van der Waals surface area contributed by atoms with Crippen LogP contribution in [0.4, 0.5) is 0 Å². The number of hydrogen-bond donors (Lipinski definition) is 1. The average molecular weight is 442 g/mol. The molecule has 2 unspecified atom stereocenters. The first kappa shape index (κ1) is 21.2. The van der Waals surface area contributed by atoms with Gasteiger partial charge in [0.25, 0.3) is 5.91 Å². The summed E-state index contributed by atoms with van der Waals surface area (Å²) in [5.41, 5.74) is 2.12. The molecule has 0 radical (unpaired) electrons. The van der Waals surface area contributed by atoms with Crippen molar-refractivity contribution in [2.24, 2.45) is 0 Å². The topological polar surface area (TPSA) is 71.5 Å². The lowest BCUT2D eigenvalue weighted by molar-refractivity contribution is -0.131. The Balaban J connectivity index is 1.37. The number of para-hydroxylation sites is 1. The van der Waals surface area contributed by atoms with Crippen molar-refractivity contribution in [1.29, 1.82) is 0 Å². The number of aromatic nitrogens is 1. The number of carbonyl (C=O) groups excluding carboxylic acids is 2. The summed E-state index contributed by atoms with van der Waals surface area (Å²) >= 11 is 0. The largest absolute Gasteiger partial charge is 0.487 e. The number of fused-ring (bicyclic) bond motifs is 1. The number of likely N-dealkylation sites (tertiary alicyclic amines) is 1. The smallest absolute Gasteiger partial charge is 0.253 e. The van der Waals surface area contributed by atoms with Crippen LogP contribution in [0.2, 0.25) is 0 Å². The third-order valence-corrected chi connectivity index (χ3v) is 6.63. The first-order valence-corrected chi connectivity index (χ1v) is 11.4. The van der Waals surface area contributed by atoms with Gasteiger partial charge in [0.1, 0.15) is 11.4 Å². The molecule has 2 aromatic carbocycles. The van der Waals surface area contributed by atoms with Crippen LogP contribution in [0, 0.1) is 0 Å².